The van der Waals surface area contributed by atoms with E-state index in [1.807, 2.05) is 13.8 Å². The molecule has 0 unspecified atom stereocenters. The third-order valence-corrected chi connectivity index (χ3v) is 5.56. The standard InChI is InChI=1S/C20H24N2O4S/c1-3-7-19(23)21-15-9-5-11-17(13-15)27(25,26)18-12-6-10-16(14-18)22-20(24)8-4-2/h5-6,9-14H,3-4,7-8H2,1-2H3,(H,21,23)(H,22,24). The molecule has 0 aliphatic heterocycles. The van der Waals surface area contributed by atoms with Crippen LogP contribution in [0.2, 0.25) is 0 Å². The van der Waals surface area contributed by atoms with Crippen LogP contribution < -0.4 is 10.6 Å². The number of anilines is 2. The lowest BCUT2D eigenvalue weighted by atomic mass is 10.3. The summed E-state index contributed by atoms with van der Waals surface area (Å²) in [5.41, 5.74) is 0.865. The summed E-state index contributed by atoms with van der Waals surface area (Å²) < 4.78 is 25.9. The minimum absolute atomic E-state index is 0.0776. The lowest BCUT2D eigenvalue weighted by Crippen LogP contribution is -2.12. The molecular formula is C20H24N2O4S. The molecule has 0 aliphatic rings. The summed E-state index contributed by atoms with van der Waals surface area (Å²) >= 11 is 0. The summed E-state index contributed by atoms with van der Waals surface area (Å²) in [6, 6.07) is 12.3. The van der Waals surface area contributed by atoms with Gasteiger partial charge >= 0.3 is 0 Å². The molecule has 27 heavy (non-hydrogen) atoms. The second-order valence-corrected chi connectivity index (χ2v) is 8.11. The van der Waals surface area contributed by atoms with Gasteiger partial charge in [-0.25, -0.2) is 8.42 Å². The molecule has 2 aromatic rings. The average molecular weight is 388 g/mol. The lowest BCUT2D eigenvalue weighted by molar-refractivity contribution is -0.117. The van der Waals surface area contributed by atoms with E-state index in [4.69, 9.17) is 0 Å². The molecule has 0 radical (unpaired) electrons. The van der Waals surface area contributed by atoms with Crippen LogP contribution in [0.5, 0.6) is 0 Å². The summed E-state index contributed by atoms with van der Waals surface area (Å²) in [6.45, 7) is 3.79. The quantitative estimate of drug-likeness (QED) is 0.715. The van der Waals surface area contributed by atoms with Crippen LogP contribution in [-0.2, 0) is 19.4 Å². The van der Waals surface area contributed by atoms with Crippen molar-refractivity contribution in [1.82, 2.24) is 0 Å². The van der Waals surface area contributed by atoms with Gasteiger partial charge in [-0.3, -0.25) is 9.59 Å². The summed E-state index contributed by atoms with van der Waals surface area (Å²) in [4.78, 5) is 23.6. The predicted octanol–water partition coefficient (Wildman–Crippen LogP) is 4.00. The van der Waals surface area contributed by atoms with Crippen LogP contribution in [0.4, 0.5) is 11.4 Å². The zero-order chi connectivity index (χ0) is 19.9. The minimum Gasteiger partial charge on any atom is -0.326 e. The predicted molar refractivity (Wildman–Crippen MR) is 105 cm³/mol. The molecule has 0 fully saturated rings. The normalized spacial score (nSPS) is 11.0. The summed E-state index contributed by atoms with van der Waals surface area (Å²) in [5.74, 6) is -0.319. The highest BCUT2D eigenvalue weighted by Gasteiger charge is 2.19. The van der Waals surface area contributed by atoms with Crippen molar-refractivity contribution in [3.63, 3.8) is 0 Å². The summed E-state index contributed by atoms with van der Waals surface area (Å²) in [6.07, 6.45) is 2.16. The van der Waals surface area contributed by atoms with Crippen LogP contribution in [0.25, 0.3) is 0 Å². The van der Waals surface area contributed by atoms with E-state index in [-0.39, 0.29) is 21.6 Å². The van der Waals surface area contributed by atoms with Gasteiger partial charge in [-0.2, -0.15) is 0 Å². The average Bonchev–Trinajstić information content (AvgIpc) is 2.62. The molecule has 6 nitrogen and oxygen atoms in total. The molecule has 2 aromatic carbocycles. The second-order valence-electron chi connectivity index (χ2n) is 6.16. The van der Waals surface area contributed by atoms with E-state index in [9.17, 15) is 18.0 Å². The molecule has 2 N–H and O–H groups in total. The van der Waals surface area contributed by atoms with E-state index in [0.717, 1.165) is 0 Å². The van der Waals surface area contributed by atoms with E-state index in [0.29, 0.717) is 37.1 Å². The van der Waals surface area contributed by atoms with Gasteiger partial charge in [0.15, 0.2) is 0 Å². The number of carbonyl (C=O) groups excluding carboxylic acids is 2. The topological polar surface area (TPSA) is 92.3 Å². The maximum Gasteiger partial charge on any atom is 0.224 e. The van der Waals surface area contributed by atoms with Gasteiger partial charge < -0.3 is 10.6 Å². The third kappa shape index (κ3) is 5.65. The molecular weight excluding hydrogens is 364 g/mol. The van der Waals surface area contributed by atoms with Crippen LogP contribution in [0.15, 0.2) is 58.3 Å². The maximum atomic E-state index is 12.9. The molecule has 0 aromatic heterocycles. The Bertz CT molecular complexity index is 854. The van der Waals surface area contributed by atoms with E-state index in [2.05, 4.69) is 10.6 Å². The number of benzene rings is 2. The third-order valence-electron chi connectivity index (χ3n) is 3.81. The Kier molecular flexibility index (Phi) is 7.12. The zero-order valence-corrected chi connectivity index (χ0v) is 16.3. The van der Waals surface area contributed by atoms with Crippen LogP contribution in [0, 0.1) is 0 Å². The number of hydrogen-bond donors (Lipinski definition) is 2. The Morgan fingerprint density at radius 1 is 0.778 bits per heavy atom. The fourth-order valence-electron chi connectivity index (χ4n) is 2.52. The van der Waals surface area contributed by atoms with Gasteiger partial charge in [0.1, 0.15) is 0 Å². The first kappa shape index (κ1) is 20.6. The van der Waals surface area contributed by atoms with Gasteiger partial charge in [-0.05, 0) is 49.2 Å². The van der Waals surface area contributed by atoms with Crippen molar-refractivity contribution in [3.8, 4) is 0 Å². The molecule has 7 heteroatoms. The van der Waals surface area contributed by atoms with E-state index in [1.54, 1.807) is 24.3 Å². The Balaban J connectivity index is 2.28. The molecule has 0 atom stereocenters. The van der Waals surface area contributed by atoms with E-state index < -0.39 is 9.84 Å². The van der Waals surface area contributed by atoms with Crippen molar-refractivity contribution >= 4 is 33.0 Å². The van der Waals surface area contributed by atoms with Crippen molar-refractivity contribution in [1.29, 1.82) is 0 Å². The van der Waals surface area contributed by atoms with Crippen LogP contribution in [0.1, 0.15) is 39.5 Å². The highest BCUT2D eigenvalue weighted by Crippen LogP contribution is 2.25. The van der Waals surface area contributed by atoms with Gasteiger partial charge in [-0.15, -0.1) is 0 Å². The molecule has 0 heterocycles. The molecule has 2 amide bonds. The molecule has 2 rings (SSSR count). The van der Waals surface area contributed by atoms with Crippen molar-refractivity contribution < 1.29 is 18.0 Å². The van der Waals surface area contributed by atoms with Gasteiger partial charge in [-0.1, -0.05) is 26.0 Å². The van der Waals surface area contributed by atoms with Gasteiger partial charge in [0.2, 0.25) is 21.7 Å². The van der Waals surface area contributed by atoms with Crippen LogP contribution >= 0.6 is 0 Å². The van der Waals surface area contributed by atoms with Crippen molar-refractivity contribution in [3.05, 3.63) is 48.5 Å². The minimum atomic E-state index is -3.78. The molecule has 0 saturated heterocycles. The highest BCUT2D eigenvalue weighted by molar-refractivity contribution is 7.91. The molecule has 0 bridgehead atoms. The van der Waals surface area contributed by atoms with Crippen LogP contribution in [-0.4, -0.2) is 20.2 Å². The number of nitrogens with one attached hydrogen (secondary N) is 2. The monoisotopic (exact) mass is 388 g/mol. The molecule has 0 saturated carbocycles. The first-order valence-corrected chi connectivity index (χ1v) is 10.4. The lowest BCUT2D eigenvalue weighted by Gasteiger charge is -2.10. The SMILES string of the molecule is CCCC(=O)Nc1cccc(S(=O)(=O)c2cccc(NC(=O)CCC)c2)c1. The largest absolute Gasteiger partial charge is 0.326 e. The number of hydrogen-bond acceptors (Lipinski definition) is 4. The number of carbonyl (C=O) groups is 2. The van der Waals surface area contributed by atoms with Crippen molar-refractivity contribution in [2.75, 3.05) is 10.6 Å². The van der Waals surface area contributed by atoms with E-state index in [1.165, 1.54) is 24.3 Å². The Morgan fingerprint density at radius 2 is 1.19 bits per heavy atom. The summed E-state index contributed by atoms with van der Waals surface area (Å²) in [7, 11) is -3.78. The highest BCUT2D eigenvalue weighted by atomic mass is 32.2. The molecule has 0 aliphatic carbocycles. The van der Waals surface area contributed by atoms with Gasteiger partial charge in [0.05, 0.1) is 9.79 Å². The fourth-order valence-corrected chi connectivity index (χ4v) is 3.87. The van der Waals surface area contributed by atoms with Gasteiger partial charge in [0, 0.05) is 24.2 Å². The van der Waals surface area contributed by atoms with Gasteiger partial charge in [0.25, 0.3) is 0 Å². The van der Waals surface area contributed by atoms with Crippen LogP contribution in [0.3, 0.4) is 0 Å². The number of amides is 2. The first-order chi connectivity index (χ1) is 12.9. The first-order valence-electron chi connectivity index (χ1n) is 8.91. The number of rotatable bonds is 8. The Hall–Kier alpha value is -2.67. The maximum absolute atomic E-state index is 12.9. The smallest absolute Gasteiger partial charge is 0.224 e. The summed E-state index contributed by atoms with van der Waals surface area (Å²) in [5, 5.41) is 5.40. The fraction of sp³-hybridized carbons (Fsp3) is 0.300. The van der Waals surface area contributed by atoms with Crippen molar-refractivity contribution in [2.45, 2.75) is 49.3 Å². The second kappa shape index (κ2) is 9.32. The number of sulfone groups is 1. The zero-order valence-electron chi connectivity index (χ0n) is 15.5. The Labute approximate surface area is 159 Å². The molecule has 144 valence electrons. The van der Waals surface area contributed by atoms with E-state index >= 15 is 0 Å². The Morgan fingerprint density at radius 3 is 1.56 bits per heavy atom. The molecule has 0 spiro atoms. The van der Waals surface area contributed by atoms with Crippen molar-refractivity contribution in [2.24, 2.45) is 0 Å².